The lowest BCUT2D eigenvalue weighted by atomic mass is 10.2. The minimum absolute atomic E-state index is 0.0578. The molecule has 20 heavy (non-hydrogen) atoms. The number of nitrogens with zero attached hydrogens (tertiary/aromatic N) is 2. The van der Waals surface area contributed by atoms with Crippen molar-refractivity contribution in [3.63, 3.8) is 0 Å². The number of fused-ring (bicyclic) bond motifs is 1. The molecule has 6 heteroatoms. The van der Waals surface area contributed by atoms with E-state index in [0.717, 1.165) is 11.6 Å². The first-order valence-electron chi connectivity index (χ1n) is 5.90. The van der Waals surface area contributed by atoms with Crippen molar-refractivity contribution in [2.24, 2.45) is 0 Å². The molecule has 3 aromatic rings. The van der Waals surface area contributed by atoms with Gasteiger partial charge in [-0.3, -0.25) is 0 Å². The van der Waals surface area contributed by atoms with Crippen LogP contribution in [0.1, 0.15) is 5.56 Å². The summed E-state index contributed by atoms with van der Waals surface area (Å²) in [6.07, 6.45) is 0. The molecule has 0 saturated carbocycles. The fourth-order valence-electron chi connectivity index (χ4n) is 2.15. The normalized spacial score (nSPS) is 11.2. The molecule has 1 heterocycles. The van der Waals surface area contributed by atoms with Crippen molar-refractivity contribution in [3.8, 4) is 0 Å². The fraction of sp³-hybridized carbons (Fsp3) is 0.0714. The monoisotopic (exact) mass is 293 g/mol. The van der Waals surface area contributed by atoms with Gasteiger partial charge in [-0.2, -0.15) is 0 Å². The zero-order valence-corrected chi connectivity index (χ0v) is 11.0. The van der Waals surface area contributed by atoms with Crippen LogP contribution in [0, 0.1) is 11.6 Å². The molecule has 0 aliphatic heterocycles. The Labute approximate surface area is 118 Å². The Morgan fingerprint density at radius 2 is 2.00 bits per heavy atom. The van der Waals surface area contributed by atoms with Crippen LogP contribution >= 0.6 is 11.6 Å². The standard InChI is InChI=1S/C14H10ClF2N3/c15-9-3-1-2-8(6-9)7-20-13-11(19-14(20)18)5-4-10(16)12(13)17/h1-6H,7H2,(H2,18,19). The number of hydrogen-bond acceptors (Lipinski definition) is 2. The van der Waals surface area contributed by atoms with Crippen LogP contribution in [0.25, 0.3) is 11.0 Å². The SMILES string of the molecule is Nc1nc2ccc(F)c(F)c2n1Cc1cccc(Cl)c1. The van der Waals surface area contributed by atoms with E-state index in [2.05, 4.69) is 4.98 Å². The number of hydrogen-bond donors (Lipinski definition) is 1. The summed E-state index contributed by atoms with van der Waals surface area (Å²) < 4.78 is 28.7. The van der Waals surface area contributed by atoms with Crippen LogP contribution in [0.5, 0.6) is 0 Å². The molecule has 0 aliphatic carbocycles. The van der Waals surface area contributed by atoms with Crippen molar-refractivity contribution in [1.29, 1.82) is 0 Å². The van der Waals surface area contributed by atoms with Gasteiger partial charge < -0.3 is 10.3 Å². The summed E-state index contributed by atoms with van der Waals surface area (Å²) in [6.45, 7) is 0.267. The largest absolute Gasteiger partial charge is 0.369 e. The molecule has 3 nitrogen and oxygen atoms in total. The van der Waals surface area contributed by atoms with Crippen LogP contribution in [-0.4, -0.2) is 9.55 Å². The van der Waals surface area contributed by atoms with E-state index in [-0.39, 0.29) is 18.0 Å². The minimum atomic E-state index is -0.950. The van der Waals surface area contributed by atoms with Gasteiger partial charge >= 0.3 is 0 Å². The summed E-state index contributed by atoms with van der Waals surface area (Å²) in [4.78, 5) is 4.03. The van der Waals surface area contributed by atoms with E-state index < -0.39 is 11.6 Å². The average Bonchev–Trinajstić information content (AvgIpc) is 2.72. The lowest BCUT2D eigenvalue weighted by Gasteiger charge is -2.07. The topological polar surface area (TPSA) is 43.8 Å². The molecule has 0 unspecified atom stereocenters. The lowest BCUT2D eigenvalue weighted by molar-refractivity contribution is 0.512. The van der Waals surface area contributed by atoms with Crippen molar-refractivity contribution >= 4 is 28.6 Å². The molecule has 3 rings (SSSR count). The summed E-state index contributed by atoms with van der Waals surface area (Å²) in [5.41, 5.74) is 6.99. The third-order valence-electron chi connectivity index (χ3n) is 3.06. The Kier molecular flexibility index (Phi) is 3.06. The van der Waals surface area contributed by atoms with Gasteiger partial charge in [0.1, 0.15) is 5.52 Å². The number of nitrogen functional groups attached to an aromatic ring is 1. The van der Waals surface area contributed by atoms with E-state index in [1.165, 1.54) is 10.6 Å². The molecule has 2 N–H and O–H groups in total. The van der Waals surface area contributed by atoms with Crippen LogP contribution in [0.3, 0.4) is 0 Å². The molecule has 0 spiro atoms. The number of aromatic nitrogens is 2. The maximum Gasteiger partial charge on any atom is 0.201 e. The van der Waals surface area contributed by atoms with Gasteiger partial charge in [0.2, 0.25) is 5.95 Å². The van der Waals surface area contributed by atoms with Gasteiger partial charge in [-0.1, -0.05) is 23.7 Å². The second-order valence-corrected chi connectivity index (χ2v) is 4.85. The number of imidazole rings is 1. The second kappa shape index (κ2) is 4.76. The van der Waals surface area contributed by atoms with Crippen LogP contribution in [-0.2, 0) is 6.54 Å². The van der Waals surface area contributed by atoms with E-state index in [4.69, 9.17) is 17.3 Å². The lowest BCUT2D eigenvalue weighted by Crippen LogP contribution is -2.06. The van der Waals surface area contributed by atoms with Crippen LogP contribution < -0.4 is 5.73 Å². The minimum Gasteiger partial charge on any atom is -0.369 e. The zero-order chi connectivity index (χ0) is 14.3. The highest BCUT2D eigenvalue weighted by molar-refractivity contribution is 6.30. The third kappa shape index (κ3) is 2.10. The Morgan fingerprint density at radius 3 is 2.75 bits per heavy atom. The molecule has 0 saturated heterocycles. The summed E-state index contributed by atoms with van der Waals surface area (Å²) in [7, 11) is 0. The first kappa shape index (κ1) is 12.9. The molecular formula is C14H10ClF2N3. The average molecular weight is 294 g/mol. The molecule has 2 aromatic carbocycles. The Balaban J connectivity index is 2.16. The van der Waals surface area contributed by atoms with E-state index in [1.54, 1.807) is 18.2 Å². The van der Waals surface area contributed by atoms with Crippen LogP contribution in [0.4, 0.5) is 14.7 Å². The predicted octanol–water partition coefficient (Wildman–Crippen LogP) is 3.60. The predicted molar refractivity (Wildman–Crippen MR) is 74.6 cm³/mol. The maximum absolute atomic E-state index is 13.9. The Bertz CT molecular complexity index is 798. The van der Waals surface area contributed by atoms with Gasteiger partial charge in [0.25, 0.3) is 0 Å². The van der Waals surface area contributed by atoms with Crippen molar-refractivity contribution < 1.29 is 8.78 Å². The van der Waals surface area contributed by atoms with E-state index >= 15 is 0 Å². The molecule has 1 aromatic heterocycles. The first-order chi connectivity index (χ1) is 9.56. The van der Waals surface area contributed by atoms with Crippen molar-refractivity contribution in [3.05, 3.63) is 58.6 Å². The van der Waals surface area contributed by atoms with Gasteiger partial charge in [-0.05, 0) is 29.8 Å². The molecule has 0 radical (unpaired) electrons. The molecular weight excluding hydrogens is 284 g/mol. The summed E-state index contributed by atoms with van der Waals surface area (Å²) in [6, 6.07) is 9.52. The molecule has 0 bridgehead atoms. The first-order valence-corrected chi connectivity index (χ1v) is 6.28. The van der Waals surface area contributed by atoms with Gasteiger partial charge in [-0.25, -0.2) is 13.8 Å². The smallest absolute Gasteiger partial charge is 0.201 e. The van der Waals surface area contributed by atoms with E-state index in [1.807, 2.05) is 6.07 Å². The number of halogens is 3. The number of benzene rings is 2. The van der Waals surface area contributed by atoms with Crippen LogP contribution in [0.2, 0.25) is 5.02 Å². The molecule has 102 valence electrons. The Morgan fingerprint density at radius 1 is 1.20 bits per heavy atom. The third-order valence-corrected chi connectivity index (χ3v) is 3.29. The molecule has 0 aliphatic rings. The van der Waals surface area contributed by atoms with Crippen molar-refractivity contribution in [2.45, 2.75) is 6.54 Å². The summed E-state index contributed by atoms with van der Waals surface area (Å²) in [5.74, 6) is -1.75. The van der Waals surface area contributed by atoms with Gasteiger partial charge in [0, 0.05) is 5.02 Å². The van der Waals surface area contributed by atoms with E-state index in [9.17, 15) is 8.78 Å². The highest BCUT2D eigenvalue weighted by atomic mass is 35.5. The maximum atomic E-state index is 13.9. The highest BCUT2D eigenvalue weighted by Gasteiger charge is 2.16. The second-order valence-electron chi connectivity index (χ2n) is 4.42. The molecule has 0 fully saturated rings. The number of rotatable bonds is 2. The van der Waals surface area contributed by atoms with E-state index in [0.29, 0.717) is 10.5 Å². The quantitative estimate of drug-likeness (QED) is 0.784. The zero-order valence-electron chi connectivity index (χ0n) is 10.3. The summed E-state index contributed by atoms with van der Waals surface area (Å²) in [5, 5.41) is 0.567. The van der Waals surface area contributed by atoms with Crippen molar-refractivity contribution in [2.75, 3.05) is 5.73 Å². The van der Waals surface area contributed by atoms with Gasteiger partial charge in [-0.15, -0.1) is 0 Å². The van der Waals surface area contributed by atoms with Crippen molar-refractivity contribution in [1.82, 2.24) is 9.55 Å². The molecule has 0 amide bonds. The molecule has 0 atom stereocenters. The van der Waals surface area contributed by atoms with Gasteiger partial charge in [0.15, 0.2) is 11.6 Å². The summed E-state index contributed by atoms with van der Waals surface area (Å²) >= 11 is 5.91. The number of nitrogens with two attached hydrogens (primary N) is 1. The fourth-order valence-corrected chi connectivity index (χ4v) is 2.37. The van der Waals surface area contributed by atoms with Gasteiger partial charge in [0.05, 0.1) is 12.1 Å². The highest BCUT2D eigenvalue weighted by Crippen LogP contribution is 2.24. The van der Waals surface area contributed by atoms with Crippen LogP contribution in [0.15, 0.2) is 36.4 Å². The number of anilines is 1. The Hall–Kier alpha value is -2.14.